The van der Waals surface area contributed by atoms with Crippen molar-refractivity contribution >= 4 is 22.8 Å². The Morgan fingerprint density at radius 2 is 2.06 bits per heavy atom. The molecule has 0 aliphatic carbocycles. The van der Waals surface area contributed by atoms with E-state index in [0.717, 1.165) is 0 Å². The van der Waals surface area contributed by atoms with Crippen LogP contribution in [0.5, 0.6) is 5.75 Å². The van der Waals surface area contributed by atoms with E-state index in [0.29, 0.717) is 10.9 Å². The van der Waals surface area contributed by atoms with E-state index >= 15 is 0 Å². The average molecular weight is 246 g/mol. The molecule has 0 aliphatic heterocycles. The second kappa shape index (κ2) is 4.33. The number of aromatic nitrogens is 1. The number of hydrogen-bond acceptors (Lipinski definition) is 4. The third-order valence-corrected chi connectivity index (χ3v) is 2.48. The van der Waals surface area contributed by atoms with Gasteiger partial charge < -0.3 is 15.6 Å². The molecule has 0 saturated heterocycles. The molecule has 0 fully saturated rings. The maximum absolute atomic E-state index is 11.0. The molecule has 0 spiro atoms. The van der Waals surface area contributed by atoms with Crippen molar-refractivity contribution in [3.63, 3.8) is 0 Å². The van der Waals surface area contributed by atoms with Crippen molar-refractivity contribution in [2.75, 3.05) is 7.11 Å². The number of nitrogens with two attached hydrogens (primary N) is 1. The largest absolute Gasteiger partial charge is 0.494 e. The van der Waals surface area contributed by atoms with E-state index in [-0.39, 0.29) is 17.0 Å². The molecular weight excluding hydrogens is 236 g/mol. The van der Waals surface area contributed by atoms with E-state index in [9.17, 15) is 9.59 Å². The van der Waals surface area contributed by atoms with Crippen molar-refractivity contribution in [1.29, 1.82) is 0 Å². The van der Waals surface area contributed by atoms with Gasteiger partial charge in [0.1, 0.15) is 17.0 Å². The number of carboxylic acid groups (broad SMARTS) is 1. The van der Waals surface area contributed by atoms with Crippen LogP contribution in [0.2, 0.25) is 0 Å². The Labute approximate surface area is 102 Å². The van der Waals surface area contributed by atoms with Gasteiger partial charge in [-0.1, -0.05) is 6.07 Å². The van der Waals surface area contributed by atoms with E-state index in [1.165, 1.54) is 25.3 Å². The second-order valence-electron chi connectivity index (χ2n) is 3.62. The summed E-state index contributed by atoms with van der Waals surface area (Å²) in [7, 11) is 1.40. The summed E-state index contributed by atoms with van der Waals surface area (Å²) in [5.74, 6) is -1.43. The molecule has 18 heavy (non-hydrogen) atoms. The fourth-order valence-corrected chi connectivity index (χ4v) is 1.62. The molecule has 3 N–H and O–H groups in total. The molecule has 0 saturated carbocycles. The van der Waals surface area contributed by atoms with Gasteiger partial charge in [0.25, 0.3) is 5.91 Å². The predicted molar refractivity (Wildman–Crippen MR) is 63.8 cm³/mol. The predicted octanol–water partition coefficient (Wildman–Crippen LogP) is 1.04. The molecule has 6 heteroatoms. The maximum atomic E-state index is 11.0. The van der Waals surface area contributed by atoms with E-state index in [1.807, 2.05) is 0 Å². The molecule has 2 rings (SSSR count). The molecule has 6 nitrogen and oxygen atoms in total. The van der Waals surface area contributed by atoms with Crippen LogP contribution in [0.4, 0.5) is 0 Å². The number of carbonyl (C=O) groups excluding carboxylic acids is 1. The number of primary amides is 1. The minimum absolute atomic E-state index is 0.0907. The van der Waals surface area contributed by atoms with Crippen molar-refractivity contribution < 1.29 is 19.4 Å². The van der Waals surface area contributed by atoms with E-state index in [1.54, 1.807) is 6.07 Å². The van der Waals surface area contributed by atoms with E-state index in [4.69, 9.17) is 15.6 Å². The average Bonchev–Trinajstić information content (AvgIpc) is 2.36. The topological polar surface area (TPSA) is 103 Å². The summed E-state index contributed by atoms with van der Waals surface area (Å²) < 4.78 is 5.08. The summed E-state index contributed by atoms with van der Waals surface area (Å²) >= 11 is 0. The van der Waals surface area contributed by atoms with Crippen LogP contribution in [-0.2, 0) is 0 Å². The van der Waals surface area contributed by atoms with Crippen LogP contribution in [-0.4, -0.2) is 29.1 Å². The first kappa shape index (κ1) is 11.8. The fourth-order valence-electron chi connectivity index (χ4n) is 1.62. The second-order valence-corrected chi connectivity index (χ2v) is 3.62. The van der Waals surface area contributed by atoms with Crippen molar-refractivity contribution in [2.45, 2.75) is 0 Å². The zero-order chi connectivity index (χ0) is 13.3. The van der Waals surface area contributed by atoms with E-state index < -0.39 is 11.9 Å². The van der Waals surface area contributed by atoms with Gasteiger partial charge >= 0.3 is 5.97 Å². The van der Waals surface area contributed by atoms with Crippen LogP contribution in [0.25, 0.3) is 10.9 Å². The third-order valence-electron chi connectivity index (χ3n) is 2.48. The van der Waals surface area contributed by atoms with Crippen LogP contribution in [0.1, 0.15) is 20.8 Å². The highest BCUT2D eigenvalue weighted by Gasteiger charge is 2.12. The Kier molecular flexibility index (Phi) is 2.85. The lowest BCUT2D eigenvalue weighted by molar-refractivity contribution is 0.0696. The molecule has 0 aliphatic rings. The van der Waals surface area contributed by atoms with Crippen LogP contribution < -0.4 is 10.5 Å². The summed E-state index contributed by atoms with van der Waals surface area (Å²) in [5, 5.41) is 9.52. The smallest absolute Gasteiger partial charge is 0.335 e. The summed E-state index contributed by atoms with van der Waals surface area (Å²) in [5.41, 5.74) is 5.73. The number of aromatic carboxylic acids is 1. The fraction of sp³-hybridized carbons (Fsp3) is 0.0833. The molecule has 2 aromatic rings. The Morgan fingerprint density at radius 3 is 2.61 bits per heavy atom. The quantitative estimate of drug-likeness (QED) is 0.842. The molecular formula is C12H10N2O4. The first-order chi connectivity index (χ1) is 8.52. The molecule has 1 heterocycles. The summed E-state index contributed by atoms with van der Waals surface area (Å²) in [6.45, 7) is 0. The normalized spacial score (nSPS) is 10.3. The first-order valence-corrected chi connectivity index (χ1v) is 5.05. The number of carboxylic acids is 1. The van der Waals surface area contributed by atoms with Crippen molar-refractivity contribution in [1.82, 2.24) is 4.98 Å². The zero-order valence-electron chi connectivity index (χ0n) is 9.51. The number of methoxy groups -OCH3 is 1. The number of carbonyl (C=O) groups is 2. The zero-order valence-corrected chi connectivity index (χ0v) is 9.51. The molecule has 1 amide bonds. The first-order valence-electron chi connectivity index (χ1n) is 5.05. The number of fused-ring (bicyclic) bond motifs is 1. The van der Waals surface area contributed by atoms with Gasteiger partial charge in [-0.05, 0) is 18.2 Å². The lowest BCUT2D eigenvalue weighted by Gasteiger charge is -2.07. The highest BCUT2D eigenvalue weighted by atomic mass is 16.5. The van der Waals surface area contributed by atoms with Crippen LogP contribution >= 0.6 is 0 Å². The molecule has 0 radical (unpaired) electrons. The van der Waals surface area contributed by atoms with E-state index in [2.05, 4.69) is 4.98 Å². The lowest BCUT2D eigenvalue weighted by Crippen LogP contribution is -2.13. The highest BCUT2D eigenvalue weighted by Crippen LogP contribution is 2.26. The Balaban J connectivity index is 2.75. The van der Waals surface area contributed by atoms with Gasteiger partial charge in [0.05, 0.1) is 12.7 Å². The minimum atomic E-state index is -1.06. The van der Waals surface area contributed by atoms with Crippen molar-refractivity contribution in [3.05, 3.63) is 35.5 Å². The van der Waals surface area contributed by atoms with Gasteiger partial charge in [-0.2, -0.15) is 0 Å². The van der Waals surface area contributed by atoms with Gasteiger partial charge in [0.15, 0.2) is 0 Å². The van der Waals surface area contributed by atoms with Crippen molar-refractivity contribution in [3.8, 4) is 5.75 Å². The van der Waals surface area contributed by atoms with Gasteiger partial charge in [-0.15, -0.1) is 0 Å². The molecule has 92 valence electrons. The minimum Gasteiger partial charge on any atom is -0.494 e. The number of benzene rings is 1. The number of hydrogen-bond donors (Lipinski definition) is 2. The van der Waals surface area contributed by atoms with Gasteiger partial charge in [-0.3, -0.25) is 4.79 Å². The van der Waals surface area contributed by atoms with Gasteiger partial charge in [0.2, 0.25) is 0 Å². The number of pyridine rings is 1. The summed E-state index contributed by atoms with van der Waals surface area (Å²) in [4.78, 5) is 26.0. The molecule has 0 unspecified atom stereocenters. The van der Waals surface area contributed by atoms with Crippen LogP contribution in [0.15, 0.2) is 24.3 Å². The van der Waals surface area contributed by atoms with Crippen molar-refractivity contribution in [2.24, 2.45) is 5.73 Å². The molecule has 0 atom stereocenters. The lowest BCUT2D eigenvalue weighted by atomic mass is 10.1. The SMILES string of the molecule is COc1cc(C(=O)O)cc2ccc(C(N)=O)nc12. The highest BCUT2D eigenvalue weighted by molar-refractivity contribution is 5.98. The Hall–Kier alpha value is -2.63. The Bertz CT molecular complexity index is 652. The van der Waals surface area contributed by atoms with Crippen LogP contribution in [0, 0.1) is 0 Å². The summed E-state index contributed by atoms with van der Waals surface area (Å²) in [6.07, 6.45) is 0. The molecule has 1 aromatic carbocycles. The molecule has 0 bridgehead atoms. The number of amides is 1. The standard InChI is InChI=1S/C12H10N2O4/c1-18-9-5-7(12(16)17)4-6-2-3-8(11(13)15)14-10(6)9/h2-5H,1H3,(H2,13,15)(H,16,17). The van der Waals surface area contributed by atoms with Crippen LogP contribution in [0.3, 0.4) is 0 Å². The molecule has 1 aromatic heterocycles. The Morgan fingerprint density at radius 1 is 1.33 bits per heavy atom. The van der Waals surface area contributed by atoms with Gasteiger partial charge in [-0.25, -0.2) is 9.78 Å². The monoisotopic (exact) mass is 246 g/mol. The van der Waals surface area contributed by atoms with Gasteiger partial charge in [0, 0.05) is 5.39 Å². The number of rotatable bonds is 3. The maximum Gasteiger partial charge on any atom is 0.335 e. The number of nitrogens with zero attached hydrogens (tertiary/aromatic N) is 1. The summed E-state index contributed by atoms with van der Waals surface area (Å²) in [6, 6.07) is 5.83. The number of ether oxygens (including phenoxy) is 1. The third kappa shape index (κ3) is 1.95.